The Morgan fingerprint density at radius 3 is 3.00 bits per heavy atom. The maximum absolute atomic E-state index is 12.0. The summed E-state index contributed by atoms with van der Waals surface area (Å²) in [4.78, 5) is 24.3. The van der Waals surface area contributed by atoms with E-state index in [0.29, 0.717) is 12.5 Å². The molecule has 5 nitrogen and oxygen atoms in total. The first-order valence-electron chi connectivity index (χ1n) is 6.35. The summed E-state index contributed by atoms with van der Waals surface area (Å²) >= 11 is 0. The molecule has 1 atom stereocenters. The van der Waals surface area contributed by atoms with Crippen molar-refractivity contribution in [1.82, 2.24) is 19.8 Å². The van der Waals surface area contributed by atoms with Crippen LogP contribution in [0.4, 0.5) is 0 Å². The fourth-order valence-corrected chi connectivity index (χ4v) is 2.34. The molecule has 1 aliphatic heterocycles. The third-order valence-corrected chi connectivity index (χ3v) is 3.23. The van der Waals surface area contributed by atoms with Crippen LogP contribution in [0, 0.1) is 0 Å². The van der Waals surface area contributed by atoms with E-state index >= 15 is 0 Å². The molecule has 98 valence electrons. The smallest absolute Gasteiger partial charge is 0.236 e. The lowest BCUT2D eigenvalue weighted by Gasteiger charge is -2.33. The van der Waals surface area contributed by atoms with Gasteiger partial charge in [-0.3, -0.25) is 14.8 Å². The van der Waals surface area contributed by atoms with Crippen LogP contribution in [0.5, 0.6) is 0 Å². The largest absolute Gasteiger partial charge is 0.341 e. The Kier molecular flexibility index (Phi) is 4.25. The van der Waals surface area contributed by atoms with Gasteiger partial charge in [-0.05, 0) is 26.9 Å². The van der Waals surface area contributed by atoms with Gasteiger partial charge in [0.25, 0.3) is 0 Å². The molecule has 0 aromatic carbocycles. The second-order valence-corrected chi connectivity index (χ2v) is 5.05. The van der Waals surface area contributed by atoms with E-state index in [-0.39, 0.29) is 5.91 Å². The molecule has 0 radical (unpaired) electrons. The zero-order valence-electron chi connectivity index (χ0n) is 11.0. The van der Waals surface area contributed by atoms with Gasteiger partial charge in [0.15, 0.2) is 0 Å². The molecule has 18 heavy (non-hydrogen) atoms. The van der Waals surface area contributed by atoms with Crippen LogP contribution in [-0.4, -0.2) is 59.4 Å². The van der Waals surface area contributed by atoms with Crippen LogP contribution in [0.3, 0.4) is 0 Å². The maximum atomic E-state index is 12.0. The molecule has 1 amide bonds. The molecule has 0 saturated carbocycles. The number of hydrogen-bond acceptors (Lipinski definition) is 4. The second-order valence-electron chi connectivity index (χ2n) is 5.05. The van der Waals surface area contributed by atoms with E-state index in [1.165, 1.54) is 0 Å². The van der Waals surface area contributed by atoms with Crippen LogP contribution in [-0.2, 0) is 4.79 Å². The highest BCUT2D eigenvalue weighted by molar-refractivity contribution is 5.78. The lowest BCUT2D eigenvalue weighted by atomic mass is 9.95. The summed E-state index contributed by atoms with van der Waals surface area (Å²) in [5.74, 6) is 0.534. The van der Waals surface area contributed by atoms with E-state index in [1.54, 1.807) is 12.4 Å². The fourth-order valence-electron chi connectivity index (χ4n) is 2.34. The molecule has 0 aliphatic carbocycles. The standard InChI is InChI=1S/C13H20N4O/c1-16(2)10-13(18)17-7-3-4-11(9-17)12-8-14-5-6-15-12/h5-6,8,11H,3-4,7,9-10H2,1-2H3/t11-/m1/s1. The number of carbonyl (C=O) groups is 1. The number of piperidine rings is 1. The molecule has 1 saturated heterocycles. The first kappa shape index (κ1) is 13.0. The van der Waals surface area contributed by atoms with Crippen molar-refractivity contribution in [1.29, 1.82) is 0 Å². The minimum absolute atomic E-state index is 0.202. The van der Waals surface area contributed by atoms with E-state index in [0.717, 1.165) is 31.6 Å². The van der Waals surface area contributed by atoms with Crippen molar-refractivity contribution in [3.05, 3.63) is 24.3 Å². The maximum Gasteiger partial charge on any atom is 0.236 e. The monoisotopic (exact) mass is 248 g/mol. The van der Waals surface area contributed by atoms with Crippen LogP contribution in [0.15, 0.2) is 18.6 Å². The summed E-state index contributed by atoms with van der Waals surface area (Å²) in [6, 6.07) is 0. The first-order valence-corrected chi connectivity index (χ1v) is 6.35. The Balaban J connectivity index is 1.98. The van der Waals surface area contributed by atoms with Crippen molar-refractivity contribution >= 4 is 5.91 Å². The highest BCUT2D eigenvalue weighted by Gasteiger charge is 2.25. The van der Waals surface area contributed by atoms with Crippen molar-refractivity contribution in [3.63, 3.8) is 0 Å². The predicted molar refractivity (Wildman–Crippen MR) is 69.1 cm³/mol. The van der Waals surface area contributed by atoms with E-state index in [1.807, 2.05) is 30.1 Å². The van der Waals surface area contributed by atoms with Crippen molar-refractivity contribution in [2.75, 3.05) is 33.7 Å². The fraction of sp³-hybridized carbons (Fsp3) is 0.615. The van der Waals surface area contributed by atoms with Crippen LogP contribution in [0.2, 0.25) is 0 Å². The lowest BCUT2D eigenvalue weighted by molar-refractivity contribution is -0.133. The van der Waals surface area contributed by atoms with Gasteiger partial charge in [0.2, 0.25) is 5.91 Å². The highest BCUT2D eigenvalue weighted by atomic mass is 16.2. The van der Waals surface area contributed by atoms with Gasteiger partial charge in [-0.1, -0.05) is 0 Å². The second kappa shape index (κ2) is 5.91. The first-order chi connectivity index (χ1) is 8.66. The van der Waals surface area contributed by atoms with Gasteiger partial charge in [0, 0.05) is 37.6 Å². The molecular weight excluding hydrogens is 228 g/mol. The topological polar surface area (TPSA) is 49.3 Å². The number of likely N-dealkylation sites (N-methyl/N-ethyl adjacent to an activating group) is 1. The Morgan fingerprint density at radius 2 is 2.33 bits per heavy atom. The average molecular weight is 248 g/mol. The number of likely N-dealkylation sites (tertiary alicyclic amines) is 1. The summed E-state index contributed by atoms with van der Waals surface area (Å²) < 4.78 is 0. The van der Waals surface area contributed by atoms with Crippen molar-refractivity contribution < 1.29 is 4.79 Å². The molecule has 1 aromatic heterocycles. The van der Waals surface area contributed by atoms with Gasteiger partial charge >= 0.3 is 0 Å². The summed E-state index contributed by atoms with van der Waals surface area (Å²) in [7, 11) is 3.84. The molecule has 0 bridgehead atoms. The summed E-state index contributed by atoms with van der Waals surface area (Å²) in [5.41, 5.74) is 1.000. The minimum atomic E-state index is 0.202. The highest BCUT2D eigenvalue weighted by Crippen LogP contribution is 2.24. The SMILES string of the molecule is CN(C)CC(=O)N1CCC[C@@H](c2cnccn2)C1. The molecule has 2 rings (SSSR count). The third-order valence-electron chi connectivity index (χ3n) is 3.23. The zero-order chi connectivity index (χ0) is 13.0. The van der Waals surface area contributed by atoms with Crippen molar-refractivity contribution in [3.8, 4) is 0 Å². The summed E-state index contributed by atoms with van der Waals surface area (Å²) in [6.45, 7) is 2.11. The van der Waals surface area contributed by atoms with E-state index in [2.05, 4.69) is 9.97 Å². The van der Waals surface area contributed by atoms with E-state index in [9.17, 15) is 4.79 Å². The van der Waals surface area contributed by atoms with Crippen molar-refractivity contribution in [2.24, 2.45) is 0 Å². The summed E-state index contributed by atoms with van der Waals surface area (Å²) in [5, 5.41) is 0. The third kappa shape index (κ3) is 3.26. The number of carbonyl (C=O) groups excluding carboxylic acids is 1. The molecule has 0 N–H and O–H groups in total. The molecule has 1 aromatic rings. The Morgan fingerprint density at radius 1 is 1.50 bits per heavy atom. The van der Waals surface area contributed by atoms with Crippen LogP contribution >= 0.6 is 0 Å². The lowest BCUT2D eigenvalue weighted by Crippen LogP contribution is -2.43. The minimum Gasteiger partial charge on any atom is -0.341 e. The van der Waals surface area contributed by atoms with Gasteiger partial charge in [0.1, 0.15) is 0 Å². The van der Waals surface area contributed by atoms with Crippen LogP contribution in [0.25, 0.3) is 0 Å². The molecule has 1 aliphatic rings. The number of nitrogens with zero attached hydrogens (tertiary/aromatic N) is 4. The number of amides is 1. The number of aromatic nitrogens is 2. The molecule has 1 fully saturated rings. The van der Waals surface area contributed by atoms with Gasteiger partial charge in [0.05, 0.1) is 12.2 Å². The van der Waals surface area contributed by atoms with Crippen molar-refractivity contribution in [2.45, 2.75) is 18.8 Å². The van der Waals surface area contributed by atoms with Crippen LogP contribution < -0.4 is 0 Å². The average Bonchev–Trinajstić information content (AvgIpc) is 2.39. The number of hydrogen-bond donors (Lipinski definition) is 0. The van der Waals surface area contributed by atoms with Gasteiger partial charge in [-0.15, -0.1) is 0 Å². The van der Waals surface area contributed by atoms with Gasteiger partial charge in [-0.2, -0.15) is 0 Å². The molecule has 5 heteroatoms. The van der Waals surface area contributed by atoms with E-state index in [4.69, 9.17) is 0 Å². The summed E-state index contributed by atoms with van der Waals surface area (Å²) in [6.07, 6.45) is 7.34. The number of rotatable bonds is 3. The zero-order valence-corrected chi connectivity index (χ0v) is 11.0. The Bertz CT molecular complexity index is 393. The Hall–Kier alpha value is -1.49. The quantitative estimate of drug-likeness (QED) is 0.792. The Labute approximate surface area is 108 Å². The molecular formula is C13H20N4O. The molecule has 2 heterocycles. The van der Waals surface area contributed by atoms with E-state index < -0.39 is 0 Å². The van der Waals surface area contributed by atoms with Gasteiger partial charge < -0.3 is 9.80 Å². The predicted octanol–water partition coefficient (Wildman–Crippen LogP) is 0.744. The molecule has 0 spiro atoms. The normalized spacial score (nSPS) is 20.2. The molecule has 0 unspecified atom stereocenters. The van der Waals surface area contributed by atoms with Crippen LogP contribution in [0.1, 0.15) is 24.5 Å². The van der Waals surface area contributed by atoms with Gasteiger partial charge in [-0.25, -0.2) is 0 Å².